The van der Waals surface area contributed by atoms with E-state index in [1.54, 1.807) is 0 Å². The fourth-order valence-electron chi connectivity index (χ4n) is 2.06. The third kappa shape index (κ3) is 3.06. The molecular formula is C16H17N3S. The van der Waals surface area contributed by atoms with E-state index < -0.39 is 0 Å². The Balaban J connectivity index is 2.43. The quantitative estimate of drug-likeness (QED) is 0.607. The maximum Gasteiger partial charge on any atom is 0.184 e. The van der Waals surface area contributed by atoms with Gasteiger partial charge in [-0.2, -0.15) is 5.26 Å². The number of benzene rings is 1. The average Bonchev–Trinajstić information content (AvgIpc) is 2.84. The van der Waals surface area contributed by atoms with Crippen molar-refractivity contribution in [3.05, 3.63) is 59.1 Å². The van der Waals surface area contributed by atoms with Gasteiger partial charge in [0.05, 0.1) is 11.8 Å². The summed E-state index contributed by atoms with van der Waals surface area (Å²) in [7, 11) is 0. The molecule has 0 amide bonds. The van der Waals surface area contributed by atoms with E-state index in [-0.39, 0.29) is 0 Å². The molecule has 102 valence electrons. The Bertz CT molecular complexity index is 687. The molecule has 0 radical (unpaired) electrons. The van der Waals surface area contributed by atoms with Gasteiger partial charge in [0, 0.05) is 25.0 Å². The van der Waals surface area contributed by atoms with E-state index >= 15 is 0 Å². The third-order valence-electron chi connectivity index (χ3n) is 3.13. The highest BCUT2D eigenvalue weighted by Gasteiger charge is 2.07. The van der Waals surface area contributed by atoms with Gasteiger partial charge in [0.1, 0.15) is 0 Å². The molecule has 0 N–H and O–H groups in total. The Morgan fingerprint density at radius 2 is 2.05 bits per heavy atom. The zero-order valence-electron chi connectivity index (χ0n) is 11.5. The monoisotopic (exact) mass is 283 g/mol. The van der Waals surface area contributed by atoms with Crippen LogP contribution in [0.4, 0.5) is 0 Å². The number of unbranched alkanes of at least 4 members (excludes halogenated alkanes) is 1. The minimum absolute atomic E-state index is 0.726. The second-order valence-electron chi connectivity index (χ2n) is 4.52. The van der Waals surface area contributed by atoms with Crippen LogP contribution in [0.15, 0.2) is 48.8 Å². The van der Waals surface area contributed by atoms with E-state index in [0.717, 1.165) is 35.4 Å². The summed E-state index contributed by atoms with van der Waals surface area (Å²) in [6.07, 6.45) is 7.67. The summed E-state index contributed by atoms with van der Waals surface area (Å²) in [6, 6.07) is 11.9. The largest absolute Gasteiger partial charge is 0.323 e. The van der Waals surface area contributed by atoms with Crippen LogP contribution in [0.5, 0.6) is 0 Å². The van der Waals surface area contributed by atoms with E-state index in [9.17, 15) is 0 Å². The van der Waals surface area contributed by atoms with Crippen LogP contribution in [0.25, 0.3) is 5.70 Å². The molecule has 0 saturated carbocycles. The number of nitrogens with zero attached hydrogens (tertiary/aromatic N) is 3. The fourth-order valence-corrected chi connectivity index (χ4v) is 2.37. The molecule has 0 saturated heterocycles. The summed E-state index contributed by atoms with van der Waals surface area (Å²) in [5.41, 5.74) is 1.80. The van der Waals surface area contributed by atoms with Gasteiger partial charge in [0.25, 0.3) is 0 Å². The molecule has 2 rings (SSSR count). The van der Waals surface area contributed by atoms with Gasteiger partial charge in [-0.3, -0.25) is 4.57 Å². The van der Waals surface area contributed by atoms with Crippen molar-refractivity contribution < 1.29 is 0 Å². The molecule has 2 aromatic rings. The lowest BCUT2D eigenvalue weighted by molar-refractivity contribution is 0.621. The topological polar surface area (TPSA) is 33.6 Å². The van der Waals surface area contributed by atoms with Crippen LogP contribution >= 0.6 is 12.2 Å². The van der Waals surface area contributed by atoms with Crippen LogP contribution in [0.1, 0.15) is 25.3 Å². The van der Waals surface area contributed by atoms with Gasteiger partial charge in [-0.25, -0.2) is 0 Å². The first kappa shape index (κ1) is 14.3. The molecule has 0 aliphatic rings. The highest BCUT2D eigenvalue weighted by Crippen LogP contribution is 2.18. The molecule has 1 aromatic heterocycles. The van der Waals surface area contributed by atoms with Gasteiger partial charge in [-0.05, 0) is 24.2 Å². The maximum atomic E-state index is 9.02. The van der Waals surface area contributed by atoms with Gasteiger partial charge in [0.2, 0.25) is 0 Å². The van der Waals surface area contributed by atoms with Crippen molar-refractivity contribution in [2.45, 2.75) is 26.3 Å². The minimum Gasteiger partial charge on any atom is -0.323 e. The van der Waals surface area contributed by atoms with Gasteiger partial charge < -0.3 is 4.57 Å². The standard InChI is InChI=1S/C16H17N3S/c1-2-3-11-18-12-13-19(16(18)20)15(9-10-17)14-7-5-4-6-8-14/h4-9,12-13H,2-3,11H2,1H3/b15-9-. The van der Waals surface area contributed by atoms with E-state index in [2.05, 4.69) is 13.0 Å². The number of aryl methyl sites for hydroxylation is 1. The van der Waals surface area contributed by atoms with Crippen LogP contribution < -0.4 is 0 Å². The Labute approximate surface area is 124 Å². The molecule has 1 aromatic carbocycles. The lowest BCUT2D eigenvalue weighted by Gasteiger charge is -2.08. The summed E-state index contributed by atoms with van der Waals surface area (Å²) >= 11 is 5.50. The minimum atomic E-state index is 0.726. The van der Waals surface area contributed by atoms with E-state index in [1.165, 1.54) is 6.08 Å². The SMILES string of the molecule is CCCCn1ccn(/C(=C\C#N)c2ccccc2)c1=S. The molecule has 3 nitrogen and oxygen atoms in total. The Morgan fingerprint density at radius 3 is 2.70 bits per heavy atom. The molecule has 0 unspecified atom stereocenters. The summed E-state index contributed by atoms with van der Waals surface area (Å²) in [5.74, 6) is 0. The van der Waals surface area contributed by atoms with Gasteiger partial charge in [-0.15, -0.1) is 0 Å². The molecule has 0 aliphatic carbocycles. The summed E-state index contributed by atoms with van der Waals surface area (Å²) < 4.78 is 4.67. The van der Waals surface area contributed by atoms with Gasteiger partial charge in [-0.1, -0.05) is 43.7 Å². The summed E-state index contributed by atoms with van der Waals surface area (Å²) in [4.78, 5) is 0. The van der Waals surface area contributed by atoms with Crippen molar-refractivity contribution in [1.82, 2.24) is 9.13 Å². The molecular weight excluding hydrogens is 266 g/mol. The predicted molar refractivity (Wildman–Crippen MR) is 83.6 cm³/mol. The summed E-state index contributed by atoms with van der Waals surface area (Å²) in [5, 5.41) is 9.02. The van der Waals surface area contributed by atoms with Crippen molar-refractivity contribution in [1.29, 1.82) is 5.26 Å². The zero-order valence-corrected chi connectivity index (χ0v) is 12.3. The van der Waals surface area contributed by atoms with E-state index in [4.69, 9.17) is 17.5 Å². The first-order valence-corrected chi connectivity index (χ1v) is 7.12. The van der Waals surface area contributed by atoms with Crippen LogP contribution in [-0.2, 0) is 6.54 Å². The van der Waals surface area contributed by atoms with Crippen LogP contribution in [0.3, 0.4) is 0 Å². The van der Waals surface area contributed by atoms with Crippen molar-refractivity contribution in [3.63, 3.8) is 0 Å². The first-order chi connectivity index (χ1) is 9.77. The highest BCUT2D eigenvalue weighted by molar-refractivity contribution is 7.71. The van der Waals surface area contributed by atoms with Crippen LogP contribution in [0.2, 0.25) is 0 Å². The van der Waals surface area contributed by atoms with Gasteiger partial charge >= 0.3 is 0 Å². The fraction of sp³-hybridized carbons (Fsp3) is 0.250. The normalized spacial score (nSPS) is 11.3. The number of hydrogen-bond acceptors (Lipinski definition) is 2. The molecule has 4 heteroatoms. The second-order valence-corrected chi connectivity index (χ2v) is 4.89. The van der Waals surface area contributed by atoms with Crippen molar-refractivity contribution in [2.24, 2.45) is 0 Å². The van der Waals surface area contributed by atoms with Crippen LogP contribution in [0, 0.1) is 16.1 Å². The predicted octanol–water partition coefficient (Wildman–Crippen LogP) is 4.23. The molecule has 0 aliphatic heterocycles. The number of nitriles is 1. The highest BCUT2D eigenvalue weighted by atomic mass is 32.1. The molecule has 0 atom stereocenters. The molecule has 0 spiro atoms. The number of allylic oxidation sites excluding steroid dienone is 1. The number of aromatic nitrogens is 2. The van der Waals surface area contributed by atoms with Gasteiger partial charge in [0.15, 0.2) is 4.77 Å². The molecule has 0 bridgehead atoms. The third-order valence-corrected chi connectivity index (χ3v) is 3.56. The Hall–Kier alpha value is -2.12. The maximum absolute atomic E-state index is 9.02. The van der Waals surface area contributed by atoms with E-state index in [0.29, 0.717) is 0 Å². The second kappa shape index (κ2) is 6.88. The van der Waals surface area contributed by atoms with Crippen LogP contribution in [-0.4, -0.2) is 9.13 Å². The van der Waals surface area contributed by atoms with Crippen molar-refractivity contribution in [3.8, 4) is 6.07 Å². The zero-order chi connectivity index (χ0) is 14.4. The smallest absolute Gasteiger partial charge is 0.184 e. The van der Waals surface area contributed by atoms with Crippen molar-refractivity contribution in [2.75, 3.05) is 0 Å². The first-order valence-electron chi connectivity index (χ1n) is 6.71. The number of hydrogen-bond donors (Lipinski definition) is 0. The Kier molecular flexibility index (Phi) is 4.91. The summed E-state index contributed by atoms with van der Waals surface area (Å²) in [6.45, 7) is 3.07. The number of imidazole rings is 1. The number of rotatable bonds is 5. The molecule has 1 heterocycles. The van der Waals surface area contributed by atoms with E-state index in [1.807, 2.05) is 51.9 Å². The lowest BCUT2D eigenvalue weighted by Crippen LogP contribution is -2.02. The Morgan fingerprint density at radius 1 is 1.30 bits per heavy atom. The molecule has 0 fully saturated rings. The molecule has 20 heavy (non-hydrogen) atoms. The van der Waals surface area contributed by atoms with Crippen molar-refractivity contribution >= 4 is 17.9 Å². The lowest BCUT2D eigenvalue weighted by atomic mass is 10.1. The average molecular weight is 283 g/mol.